The second kappa shape index (κ2) is 4.42. The Bertz CT molecular complexity index is 364. The van der Waals surface area contributed by atoms with Gasteiger partial charge in [-0.25, -0.2) is 4.79 Å². The molecule has 16 heavy (non-hydrogen) atoms. The molecule has 0 spiro atoms. The highest BCUT2D eigenvalue weighted by atomic mass is 16.2. The SMILES string of the molecule is CCCN1C(=O)C(C(C)=O)C(=O)N(C)C1=O. The average Bonchev–Trinajstić information content (AvgIpc) is 2.21. The summed E-state index contributed by atoms with van der Waals surface area (Å²) < 4.78 is 0. The molecule has 0 aliphatic carbocycles. The topological polar surface area (TPSA) is 74.8 Å². The number of ketones is 1. The number of urea groups is 1. The molecule has 0 aromatic heterocycles. The number of amides is 4. The molecule has 1 saturated heterocycles. The lowest BCUT2D eigenvalue weighted by Crippen LogP contribution is -2.60. The quantitative estimate of drug-likeness (QED) is 0.636. The van der Waals surface area contributed by atoms with E-state index in [-0.39, 0.29) is 6.54 Å². The highest BCUT2D eigenvalue weighted by Crippen LogP contribution is 2.17. The summed E-state index contributed by atoms with van der Waals surface area (Å²) in [6.07, 6.45) is 0.587. The summed E-state index contributed by atoms with van der Waals surface area (Å²) in [5.41, 5.74) is 0. The molecule has 0 N–H and O–H groups in total. The number of barbiturate groups is 1. The normalized spacial score (nSPS) is 21.7. The third-order valence-corrected chi connectivity index (χ3v) is 2.46. The van der Waals surface area contributed by atoms with Gasteiger partial charge in [0.2, 0.25) is 0 Å². The maximum Gasteiger partial charge on any atom is 0.333 e. The first kappa shape index (κ1) is 12.4. The molecule has 4 amide bonds. The van der Waals surface area contributed by atoms with Gasteiger partial charge in [-0.05, 0) is 13.3 Å². The number of rotatable bonds is 3. The van der Waals surface area contributed by atoms with E-state index in [1.807, 2.05) is 0 Å². The van der Waals surface area contributed by atoms with Crippen molar-refractivity contribution in [1.29, 1.82) is 0 Å². The summed E-state index contributed by atoms with van der Waals surface area (Å²) in [7, 11) is 1.27. The van der Waals surface area contributed by atoms with E-state index in [4.69, 9.17) is 0 Å². The van der Waals surface area contributed by atoms with Crippen LogP contribution in [0.25, 0.3) is 0 Å². The first-order valence-corrected chi connectivity index (χ1v) is 5.05. The Balaban J connectivity index is 3.07. The smallest absolute Gasteiger partial charge is 0.299 e. The van der Waals surface area contributed by atoms with Gasteiger partial charge in [-0.2, -0.15) is 0 Å². The lowest BCUT2D eigenvalue weighted by Gasteiger charge is -2.33. The first-order chi connectivity index (χ1) is 7.41. The Morgan fingerprint density at radius 1 is 1.25 bits per heavy atom. The molecule has 1 atom stereocenters. The van der Waals surface area contributed by atoms with Gasteiger partial charge in [-0.15, -0.1) is 0 Å². The third kappa shape index (κ3) is 1.82. The summed E-state index contributed by atoms with van der Waals surface area (Å²) >= 11 is 0. The molecular weight excluding hydrogens is 212 g/mol. The average molecular weight is 226 g/mol. The van der Waals surface area contributed by atoms with Crippen molar-refractivity contribution in [3.63, 3.8) is 0 Å². The van der Waals surface area contributed by atoms with Crippen molar-refractivity contribution in [2.24, 2.45) is 5.92 Å². The van der Waals surface area contributed by atoms with Gasteiger partial charge in [0.25, 0.3) is 11.8 Å². The molecule has 1 aliphatic rings. The van der Waals surface area contributed by atoms with Crippen LogP contribution in [0.4, 0.5) is 4.79 Å². The van der Waals surface area contributed by atoms with Gasteiger partial charge in [-0.3, -0.25) is 24.2 Å². The fraction of sp³-hybridized carbons (Fsp3) is 0.600. The molecule has 1 heterocycles. The van der Waals surface area contributed by atoms with E-state index in [2.05, 4.69) is 0 Å². The minimum atomic E-state index is -1.35. The van der Waals surface area contributed by atoms with Crippen LogP contribution in [0.15, 0.2) is 0 Å². The van der Waals surface area contributed by atoms with Crippen molar-refractivity contribution in [3.05, 3.63) is 0 Å². The molecule has 1 fully saturated rings. The van der Waals surface area contributed by atoms with E-state index in [0.29, 0.717) is 6.42 Å². The van der Waals surface area contributed by atoms with Crippen LogP contribution in [0.1, 0.15) is 20.3 Å². The molecule has 0 aromatic rings. The van der Waals surface area contributed by atoms with E-state index in [1.165, 1.54) is 14.0 Å². The van der Waals surface area contributed by atoms with Gasteiger partial charge < -0.3 is 0 Å². The van der Waals surface area contributed by atoms with Gasteiger partial charge in [0, 0.05) is 13.6 Å². The Kier molecular flexibility index (Phi) is 3.41. The van der Waals surface area contributed by atoms with E-state index in [0.717, 1.165) is 9.80 Å². The van der Waals surface area contributed by atoms with Crippen molar-refractivity contribution < 1.29 is 19.2 Å². The molecule has 1 rings (SSSR count). The summed E-state index contributed by atoms with van der Waals surface area (Å²) in [6, 6.07) is -0.658. The van der Waals surface area contributed by atoms with Crippen LogP contribution >= 0.6 is 0 Å². The zero-order chi connectivity index (χ0) is 12.5. The van der Waals surface area contributed by atoms with Crippen LogP contribution in [0.3, 0.4) is 0 Å². The van der Waals surface area contributed by atoms with Crippen LogP contribution in [0.2, 0.25) is 0 Å². The zero-order valence-electron chi connectivity index (χ0n) is 9.52. The predicted octanol–water partition coefficient (Wildman–Crippen LogP) is 0.0222. The molecule has 0 saturated carbocycles. The number of carbonyl (C=O) groups is 4. The number of hydrogen-bond donors (Lipinski definition) is 0. The predicted molar refractivity (Wildman–Crippen MR) is 54.3 cm³/mol. The number of imide groups is 2. The van der Waals surface area contributed by atoms with Crippen LogP contribution in [0.5, 0.6) is 0 Å². The van der Waals surface area contributed by atoms with Crippen molar-refractivity contribution in [2.75, 3.05) is 13.6 Å². The second-order valence-corrected chi connectivity index (χ2v) is 3.71. The van der Waals surface area contributed by atoms with Gasteiger partial charge >= 0.3 is 6.03 Å². The van der Waals surface area contributed by atoms with Crippen LogP contribution in [-0.2, 0) is 14.4 Å². The van der Waals surface area contributed by atoms with Gasteiger partial charge in [0.1, 0.15) is 0 Å². The molecule has 88 valence electrons. The number of carbonyl (C=O) groups excluding carboxylic acids is 4. The largest absolute Gasteiger partial charge is 0.333 e. The second-order valence-electron chi connectivity index (χ2n) is 3.71. The lowest BCUT2D eigenvalue weighted by atomic mass is 9.99. The third-order valence-electron chi connectivity index (χ3n) is 2.46. The zero-order valence-corrected chi connectivity index (χ0v) is 9.52. The molecule has 6 heteroatoms. The minimum absolute atomic E-state index is 0.221. The minimum Gasteiger partial charge on any atom is -0.299 e. The van der Waals surface area contributed by atoms with E-state index >= 15 is 0 Å². The number of nitrogens with zero attached hydrogens (tertiary/aromatic N) is 2. The van der Waals surface area contributed by atoms with Crippen LogP contribution in [0, 0.1) is 5.92 Å². The van der Waals surface area contributed by atoms with E-state index in [9.17, 15) is 19.2 Å². The highest BCUT2D eigenvalue weighted by molar-refractivity contribution is 6.25. The summed E-state index contributed by atoms with van der Waals surface area (Å²) in [5.74, 6) is -3.33. The van der Waals surface area contributed by atoms with Gasteiger partial charge in [0.05, 0.1) is 0 Å². The maximum atomic E-state index is 11.8. The van der Waals surface area contributed by atoms with Crippen LogP contribution in [-0.4, -0.2) is 47.0 Å². The molecular formula is C10H14N2O4. The Labute approximate surface area is 93.2 Å². The van der Waals surface area contributed by atoms with E-state index < -0.39 is 29.5 Å². The van der Waals surface area contributed by atoms with E-state index in [1.54, 1.807) is 6.92 Å². The Hall–Kier alpha value is -1.72. The fourth-order valence-corrected chi connectivity index (χ4v) is 1.60. The summed E-state index contributed by atoms with van der Waals surface area (Å²) in [4.78, 5) is 47.9. The highest BCUT2D eigenvalue weighted by Gasteiger charge is 2.46. The molecule has 0 bridgehead atoms. The molecule has 1 unspecified atom stereocenters. The van der Waals surface area contributed by atoms with Crippen molar-refractivity contribution in [2.45, 2.75) is 20.3 Å². The van der Waals surface area contributed by atoms with Crippen molar-refractivity contribution in [1.82, 2.24) is 9.80 Å². The Morgan fingerprint density at radius 3 is 2.25 bits per heavy atom. The van der Waals surface area contributed by atoms with Gasteiger partial charge in [0.15, 0.2) is 11.7 Å². The standard InChI is InChI=1S/C10H14N2O4/c1-4-5-12-9(15)7(6(2)13)8(14)11(3)10(12)16/h7H,4-5H2,1-3H3. The van der Waals surface area contributed by atoms with Gasteiger partial charge in [-0.1, -0.05) is 6.92 Å². The molecule has 1 aliphatic heterocycles. The first-order valence-electron chi connectivity index (χ1n) is 5.05. The van der Waals surface area contributed by atoms with Crippen LogP contribution < -0.4 is 0 Å². The summed E-state index contributed by atoms with van der Waals surface area (Å²) in [5, 5.41) is 0. The summed E-state index contributed by atoms with van der Waals surface area (Å²) in [6.45, 7) is 3.20. The Morgan fingerprint density at radius 2 is 1.81 bits per heavy atom. The number of hydrogen-bond acceptors (Lipinski definition) is 4. The molecule has 6 nitrogen and oxygen atoms in total. The monoisotopic (exact) mass is 226 g/mol. The number of Topliss-reactive ketones (excluding diaryl/α,β-unsaturated/α-hetero) is 1. The van der Waals surface area contributed by atoms with Crippen molar-refractivity contribution in [3.8, 4) is 0 Å². The fourth-order valence-electron chi connectivity index (χ4n) is 1.60. The lowest BCUT2D eigenvalue weighted by molar-refractivity contribution is -0.152. The molecule has 0 aromatic carbocycles. The maximum absolute atomic E-state index is 11.8. The van der Waals surface area contributed by atoms with Crippen molar-refractivity contribution >= 4 is 23.6 Å². The molecule has 0 radical (unpaired) electrons.